The minimum absolute atomic E-state index is 0.212. The Morgan fingerprint density at radius 2 is 1.77 bits per heavy atom. The molecular formula is C23H19BrFN3O3. The summed E-state index contributed by atoms with van der Waals surface area (Å²) in [7, 11) is 0. The fourth-order valence-electron chi connectivity index (χ4n) is 2.52. The molecule has 0 aliphatic heterocycles. The first-order valence-corrected chi connectivity index (χ1v) is 10.1. The number of rotatable bonds is 7. The van der Waals surface area contributed by atoms with Crippen molar-refractivity contribution in [3.63, 3.8) is 0 Å². The van der Waals surface area contributed by atoms with Gasteiger partial charge in [0.2, 0.25) is 0 Å². The molecule has 3 rings (SSSR count). The van der Waals surface area contributed by atoms with Gasteiger partial charge in [-0.25, -0.2) is 9.82 Å². The Morgan fingerprint density at radius 1 is 1.06 bits per heavy atom. The Balaban J connectivity index is 1.51. The van der Waals surface area contributed by atoms with E-state index in [1.165, 1.54) is 30.5 Å². The summed E-state index contributed by atoms with van der Waals surface area (Å²) in [5, 5.41) is 6.58. The van der Waals surface area contributed by atoms with Gasteiger partial charge in [-0.15, -0.1) is 0 Å². The van der Waals surface area contributed by atoms with Gasteiger partial charge in [-0.3, -0.25) is 9.59 Å². The molecule has 3 aromatic rings. The lowest BCUT2D eigenvalue weighted by Gasteiger charge is -2.09. The van der Waals surface area contributed by atoms with Gasteiger partial charge in [0, 0.05) is 11.3 Å². The summed E-state index contributed by atoms with van der Waals surface area (Å²) in [5.41, 5.74) is 5.27. The lowest BCUT2D eigenvalue weighted by molar-refractivity contribution is -0.118. The van der Waals surface area contributed by atoms with E-state index >= 15 is 0 Å². The van der Waals surface area contributed by atoms with Crippen molar-refractivity contribution in [2.45, 2.75) is 6.92 Å². The minimum atomic E-state index is -0.378. The number of anilines is 1. The predicted molar refractivity (Wildman–Crippen MR) is 121 cm³/mol. The number of carbonyl (C=O) groups is 2. The summed E-state index contributed by atoms with van der Waals surface area (Å²) >= 11 is 3.39. The number of halogens is 2. The smallest absolute Gasteiger partial charge is 0.271 e. The first-order chi connectivity index (χ1) is 14.9. The maximum absolute atomic E-state index is 12.9. The summed E-state index contributed by atoms with van der Waals surface area (Å²) in [6.45, 7) is 1.74. The largest absolute Gasteiger partial charge is 0.483 e. The second kappa shape index (κ2) is 10.5. The van der Waals surface area contributed by atoms with Crippen molar-refractivity contribution in [1.29, 1.82) is 0 Å². The molecule has 0 atom stereocenters. The first-order valence-electron chi connectivity index (χ1n) is 9.28. The first kappa shape index (κ1) is 22.2. The molecule has 8 heteroatoms. The standard InChI is InChI=1S/C23H19BrFN3O3/c1-15-2-5-17(6-3-15)23(30)28-26-13-16-4-11-21(20(24)12-16)31-14-22(29)27-19-9-7-18(25)8-10-19/h2-13H,14H2,1H3,(H,27,29)(H,28,30). The van der Waals surface area contributed by atoms with Crippen LogP contribution in [0.3, 0.4) is 0 Å². The van der Waals surface area contributed by atoms with Crippen molar-refractivity contribution in [2.24, 2.45) is 5.10 Å². The third kappa shape index (κ3) is 6.75. The van der Waals surface area contributed by atoms with Crippen molar-refractivity contribution in [3.8, 4) is 5.75 Å². The van der Waals surface area contributed by atoms with Gasteiger partial charge in [-0.05, 0) is 83.0 Å². The second-order valence-corrected chi connectivity index (χ2v) is 7.45. The number of nitrogens with zero attached hydrogens (tertiary/aromatic N) is 1. The van der Waals surface area contributed by atoms with E-state index in [2.05, 4.69) is 31.8 Å². The van der Waals surface area contributed by atoms with Gasteiger partial charge < -0.3 is 10.1 Å². The number of hydrogen-bond acceptors (Lipinski definition) is 4. The fourth-order valence-corrected chi connectivity index (χ4v) is 3.03. The third-order valence-electron chi connectivity index (χ3n) is 4.14. The van der Waals surface area contributed by atoms with Crippen LogP contribution in [0.25, 0.3) is 0 Å². The summed E-state index contributed by atoms with van der Waals surface area (Å²) in [6.07, 6.45) is 1.50. The average molecular weight is 484 g/mol. The monoisotopic (exact) mass is 483 g/mol. The van der Waals surface area contributed by atoms with Gasteiger partial charge in [-0.2, -0.15) is 5.10 Å². The topological polar surface area (TPSA) is 79.8 Å². The zero-order valence-electron chi connectivity index (χ0n) is 16.6. The van der Waals surface area contributed by atoms with Gasteiger partial charge in [0.1, 0.15) is 11.6 Å². The van der Waals surface area contributed by atoms with E-state index < -0.39 is 0 Å². The maximum atomic E-state index is 12.9. The van der Waals surface area contributed by atoms with Crippen LogP contribution in [0.1, 0.15) is 21.5 Å². The number of hydrazone groups is 1. The highest BCUT2D eigenvalue weighted by Gasteiger charge is 2.07. The Labute approximate surface area is 187 Å². The van der Waals surface area contributed by atoms with Crippen molar-refractivity contribution in [1.82, 2.24) is 5.43 Å². The molecule has 0 aromatic heterocycles. The zero-order valence-corrected chi connectivity index (χ0v) is 18.1. The molecule has 158 valence electrons. The molecule has 0 saturated carbocycles. The van der Waals surface area contributed by atoms with Crippen LogP contribution in [-0.2, 0) is 4.79 Å². The molecule has 0 heterocycles. The van der Waals surface area contributed by atoms with E-state index in [1.807, 2.05) is 19.1 Å². The van der Waals surface area contributed by atoms with Crippen LogP contribution in [0, 0.1) is 12.7 Å². The van der Waals surface area contributed by atoms with E-state index in [4.69, 9.17) is 4.74 Å². The number of nitrogens with one attached hydrogen (secondary N) is 2. The second-order valence-electron chi connectivity index (χ2n) is 6.60. The number of amides is 2. The number of ether oxygens (including phenoxy) is 1. The highest BCUT2D eigenvalue weighted by Crippen LogP contribution is 2.25. The van der Waals surface area contributed by atoms with Gasteiger partial charge >= 0.3 is 0 Å². The molecule has 31 heavy (non-hydrogen) atoms. The van der Waals surface area contributed by atoms with E-state index in [0.29, 0.717) is 21.5 Å². The summed E-state index contributed by atoms with van der Waals surface area (Å²) in [4.78, 5) is 24.0. The quantitative estimate of drug-likeness (QED) is 0.378. The highest BCUT2D eigenvalue weighted by molar-refractivity contribution is 9.10. The van der Waals surface area contributed by atoms with Crippen LogP contribution >= 0.6 is 15.9 Å². The molecule has 2 N–H and O–H groups in total. The molecule has 2 amide bonds. The Morgan fingerprint density at radius 3 is 2.45 bits per heavy atom. The molecular weight excluding hydrogens is 465 g/mol. The molecule has 0 bridgehead atoms. The van der Waals surface area contributed by atoms with Crippen LogP contribution in [0.2, 0.25) is 0 Å². The lowest BCUT2D eigenvalue weighted by Crippen LogP contribution is -2.20. The molecule has 6 nitrogen and oxygen atoms in total. The molecule has 0 unspecified atom stereocenters. The van der Waals surface area contributed by atoms with E-state index in [1.54, 1.807) is 30.3 Å². The highest BCUT2D eigenvalue weighted by atomic mass is 79.9. The Hall–Kier alpha value is -3.52. The van der Waals surface area contributed by atoms with Crippen LogP contribution in [0.4, 0.5) is 10.1 Å². The SMILES string of the molecule is Cc1ccc(C(=O)NN=Cc2ccc(OCC(=O)Nc3ccc(F)cc3)c(Br)c2)cc1. The molecule has 0 fully saturated rings. The van der Waals surface area contributed by atoms with Crippen molar-refractivity contribution < 1.29 is 18.7 Å². The van der Waals surface area contributed by atoms with Gasteiger partial charge in [0.15, 0.2) is 6.61 Å². The summed E-state index contributed by atoms with van der Waals surface area (Å²) < 4.78 is 19.0. The Bertz CT molecular complexity index is 1100. The number of carbonyl (C=O) groups excluding carboxylic acids is 2. The van der Waals surface area contributed by atoms with Crippen LogP contribution in [0.15, 0.2) is 76.3 Å². The van der Waals surface area contributed by atoms with Crippen molar-refractivity contribution in [3.05, 3.63) is 93.7 Å². The van der Waals surface area contributed by atoms with Crippen molar-refractivity contribution in [2.75, 3.05) is 11.9 Å². The Kier molecular flexibility index (Phi) is 7.50. The van der Waals surface area contributed by atoms with E-state index in [0.717, 1.165) is 11.1 Å². The molecule has 0 spiro atoms. The third-order valence-corrected chi connectivity index (χ3v) is 4.76. The van der Waals surface area contributed by atoms with Gasteiger partial charge in [0.25, 0.3) is 11.8 Å². The van der Waals surface area contributed by atoms with Gasteiger partial charge in [0.05, 0.1) is 10.7 Å². The van der Waals surface area contributed by atoms with E-state index in [-0.39, 0.29) is 24.2 Å². The molecule has 0 aliphatic carbocycles. The van der Waals surface area contributed by atoms with Crippen LogP contribution in [0.5, 0.6) is 5.75 Å². The average Bonchev–Trinajstić information content (AvgIpc) is 2.75. The number of aryl methyl sites for hydroxylation is 1. The predicted octanol–water partition coefficient (Wildman–Crippen LogP) is 4.68. The molecule has 0 aliphatic rings. The zero-order chi connectivity index (χ0) is 22.2. The van der Waals surface area contributed by atoms with E-state index in [9.17, 15) is 14.0 Å². The fraction of sp³-hybridized carbons (Fsp3) is 0.0870. The van der Waals surface area contributed by atoms with Crippen LogP contribution < -0.4 is 15.5 Å². The number of benzene rings is 3. The molecule has 0 radical (unpaired) electrons. The summed E-state index contributed by atoms with van der Waals surface area (Å²) in [5.74, 6) is -0.586. The number of hydrogen-bond donors (Lipinski definition) is 2. The summed E-state index contributed by atoms with van der Waals surface area (Å²) in [6, 6.07) is 17.8. The van der Waals surface area contributed by atoms with Crippen molar-refractivity contribution >= 4 is 39.6 Å². The normalized spacial score (nSPS) is 10.7. The lowest BCUT2D eigenvalue weighted by atomic mass is 10.1. The van der Waals surface area contributed by atoms with Crippen LogP contribution in [-0.4, -0.2) is 24.6 Å². The molecule has 0 saturated heterocycles. The maximum Gasteiger partial charge on any atom is 0.271 e. The van der Waals surface area contributed by atoms with Gasteiger partial charge in [-0.1, -0.05) is 17.7 Å². The molecule has 3 aromatic carbocycles. The minimum Gasteiger partial charge on any atom is -0.483 e.